The third-order valence-electron chi connectivity index (χ3n) is 0.582. The third kappa shape index (κ3) is 3.04. The van der Waals surface area contributed by atoms with Crippen LogP contribution in [0, 0.1) is 0 Å². The van der Waals surface area contributed by atoms with Crippen LogP contribution in [0.15, 0.2) is 9.67 Å². The summed E-state index contributed by atoms with van der Waals surface area (Å²) in [6.07, 6.45) is 2.08. The van der Waals surface area contributed by atoms with E-state index in [1.807, 2.05) is 6.92 Å². The first-order valence-corrected chi connectivity index (χ1v) is 6.85. The van der Waals surface area contributed by atoms with Gasteiger partial charge in [-0.2, -0.15) is 0 Å². The SMILES string of the molecule is C/C=[C](\C)[Sn][Cl]. The van der Waals surface area contributed by atoms with Crippen LogP contribution in [0.1, 0.15) is 13.8 Å². The first kappa shape index (κ1) is 6.83. The van der Waals surface area contributed by atoms with Gasteiger partial charge in [-0.15, -0.1) is 0 Å². The van der Waals surface area contributed by atoms with Gasteiger partial charge in [0, 0.05) is 0 Å². The molecule has 0 amide bonds. The van der Waals surface area contributed by atoms with Crippen LogP contribution in [-0.4, -0.2) is 20.0 Å². The summed E-state index contributed by atoms with van der Waals surface area (Å²) >= 11 is -0.550. The minimum atomic E-state index is -0.550. The molecule has 0 saturated heterocycles. The van der Waals surface area contributed by atoms with Crippen LogP contribution in [-0.2, 0) is 0 Å². The van der Waals surface area contributed by atoms with Crippen molar-refractivity contribution in [2.45, 2.75) is 13.8 Å². The first-order valence-electron chi connectivity index (χ1n) is 1.81. The molecule has 0 aliphatic heterocycles. The molecule has 0 aromatic carbocycles. The summed E-state index contributed by atoms with van der Waals surface area (Å²) < 4.78 is 1.40. The summed E-state index contributed by atoms with van der Waals surface area (Å²) in [5, 5.41) is 0. The molecular formula is C4H7ClSn. The van der Waals surface area contributed by atoms with Crippen molar-refractivity contribution in [1.29, 1.82) is 0 Å². The van der Waals surface area contributed by atoms with E-state index in [0.717, 1.165) is 0 Å². The standard InChI is InChI=1S/C4H7.ClH.Sn/c1-3-4-2;;/h3H,1-2H3;1H;/q;;+1/p-1. The Morgan fingerprint density at radius 1 is 1.83 bits per heavy atom. The van der Waals surface area contributed by atoms with Gasteiger partial charge in [0.25, 0.3) is 0 Å². The van der Waals surface area contributed by atoms with E-state index in [1.165, 1.54) is 3.59 Å². The maximum atomic E-state index is 5.55. The van der Waals surface area contributed by atoms with E-state index in [2.05, 4.69) is 13.0 Å². The number of rotatable bonds is 1. The van der Waals surface area contributed by atoms with Gasteiger partial charge in [0.05, 0.1) is 0 Å². The van der Waals surface area contributed by atoms with Crippen LogP contribution in [0.4, 0.5) is 0 Å². The molecule has 6 heavy (non-hydrogen) atoms. The molecule has 0 spiro atoms. The van der Waals surface area contributed by atoms with Crippen molar-refractivity contribution < 1.29 is 0 Å². The van der Waals surface area contributed by atoms with Gasteiger partial charge >= 0.3 is 52.4 Å². The molecule has 0 aromatic heterocycles. The van der Waals surface area contributed by atoms with Crippen molar-refractivity contribution in [2.75, 3.05) is 0 Å². The van der Waals surface area contributed by atoms with Crippen LogP contribution in [0.25, 0.3) is 0 Å². The Kier molecular flexibility index (Phi) is 4.55. The fraction of sp³-hybridized carbons (Fsp3) is 0.500. The van der Waals surface area contributed by atoms with Gasteiger partial charge in [-0.1, -0.05) is 0 Å². The Morgan fingerprint density at radius 2 is 2.33 bits per heavy atom. The van der Waals surface area contributed by atoms with Gasteiger partial charge in [0.15, 0.2) is 0 Å². The molecule has 0 fully saturated rings. The number of halogens is 1. The number of hydrogen-bond donors (Lipinski definition) is 0. The van der Waals surface area contributed by atoms with Crippen molar-refractivity contribution in [3.8, 4) is 0 Å². The molecule has 0 aliphatic carbocycles. The molecule has 0 heterocycles. The van der Waals surface area contributed by atoms with Crippen molar-refractivity contribution in [3.63, 3.8) is 0 Å². The normalized spacial score (nSPS) is 12.2. The number of allylic oxidation sites excluding steroid dienone is 2. The molecule has 0 unspecified atom stereocenters. The predicted octanol–water partition coefficient (Wildman–Crippen LogP) is 1.77. The van der Waals surface area contributed by atoms with Crippen LogP contribution >= 0.6 is 8.92 Å². The van der Waals surface area contributed by atoms with E-state index >= 15 is 0 Å². The molecular weight excluding hydrogens is 202 g/mol. The van der Waals surface area contributed by atoms with Crippen LogP contribution in [0.5, 0.6) is 0 Å². The summed E-state index contributed by atoms with van der Waals surface area (Å²) in [7, 11) is 5.55. The fourth-order valence-corrected chi connectivity index (χ4v) is 1.10. The summed E-state index contributed by atoms with van der Waals surface area (Å²) in [5.74, 6) is 0. The molecule has 2 radical (unpaired) electrons. The van der Waals surface area contributed by atoms with Gasteiger partial charge in [0.2, 0.25) is 0 Å². The predicted molar refractivity (Wildman–Crippen MR) is 31.0 cm³/mol. The Hall–Kier alpha value is 0.829. The van der Waals surface area contributed by atoms with Crippen molar-refractivity contribution >= 4 is 28.9 Å². The number of hydrogen-bond acceptors (Lipinski definition) is 0. The second-order valence-electron chi connectivity index (χ2n) is 1.07. The van der Waals surface area contributed by atoms with Crippen molar-refractivity contribution in [3.05, 3.63) is 9.67 Å². The summed E-state index contributed by atoms with van der Waals surface area (Å²) in [5.41, 5.74) is 0. The van der Waals surface area contributed by atoms with Crippen LogP contribution < -0.4 is 0 Å². The quantitative estimate of drug-likeness (QED) is 0.577. The molecule has 0 saturated carbocycles. The Balaban J connectivity index is 3.22. The van der Waals surface area contributed by atoms with E-state index in [0.29, 0.717) is 0 Å². The first-order chi connectivity index (χ1) is 2.81. The summed E-state index contributed by atoms with van der Waals surface area (Å²) in [6.45, 7) is 4.11. The van der Waals surface area contributed by atoms with E-state index in [9.17, 15) is 0 Å². The molecule has 0 N–H and O–H groups in total. The molecule has 0 aromatic rings. The van der Waals surface area contributed by atoms with Gasteiger partial charge in [-0.25, -0.2) is 0 Å². The Morgan fingerprint density at radius 3 is 2.33 bits per heavy atom. The molecule has 0 bridgehead atoms. The zero-order chi connectivity index (χ0) is 4.99. The topological polar surface area (TPSA) is 0 Å². The zero-order valence-electron chi connectivity index (χ0n) is 3.96. The molecule has 0 atom stereocenters. The average Bonchev–Trinajstić information content (AvgIpc) is 1.65. The zero-order valence-corrected chi connectivity index (χ0v) is 7.57. The minimum absolute atomic E-state index is 0.550. The second-order valence-corrected chi connectivity index (χ2v) is 5.12. The monoisotopic (exact) mass is 210 g/mol. The Bertz CT molecular complexity index is 58.6. The molecule has 0 nitrogen and oxygen atoms in total. The van der Waals surface area contributed by atoms with E-state index < -0.39 is 20.0 Å². The van der Waals surface area contributed by atoms with Gasteiger partial charge in [0.1, 0.15) is 0 Å². The van der Waals surface area contributed by atoms with E-state index in [-0.39, 0.29) is 0 Å². The third-order valence-corrected chi connectivity index (χ3v) is 4.26. The molecule has 0 rings (SSSR count). The summed E-state index contributed by atoms with van der Waals surface area (Å²) in [6, 6.07) is 0. The van der Waals surface area contributed by atoms with Gasteiger partial charge in [-0.05, 0) is 0 Å². The van der Waals surface area contributed by atoms with Crippen molar-refractivity contribution in [1.82, 2.24) is 0 Å². The maximum absolute atomic E-state index is 5.55. The van der Waals surface area contributed by atoms with Gasteiger partial charge in [-0.3, -0.25) is 0 Å². The molecule has 2 heteroatoms. The van der Waals surface area contributed by atoms with E-state index in [1.54, 1.807) is 0 Å². The van der Waals surface area contributed by atoms with E-state index in [4.69, 9.17) is 8.92 Å². The van der Waals surface area contributed by atoms with Crippen LogP contribution in [0.3, 0.4) is 0 Å². The summed E-state index contributed by atoms with van der Waals surface area (Å²) in [4.78, 5) is 0. The molecule has 34 valence electrons. The van der Waals surface area contributed by atoms with Gasteiger partial charge < -0.3 is 0 Å². The average molecular weight is 209 g/mol. The van der Waals surface area contributed by atoms with Crippen molar-refractivity contribution in [2.24, 2.45) is 0 Å². The second kappa shape index (κ2) is 4.00. The van der Waals surface area contributed by atoms with Crippen LogP contribution in [0.2, 0.25) is 0 Å². The Labute approximate surface area is 52.5 Å². The molecule has 0 aliphatic rings. The fourth-order valence-electron chi connectivity index (χ4n) is 0.0546.